The first-order valence-electron chi connectivity index (χ1n) is 6.82. The van der Waals surface area contributed by atoms with Crippen LogP contribution in [0, 0.1) is 13.8 Å². The molecule has 0 aliphatic heterocycles. The molecule has 0 aliphatic carbocycles. The van der Waals surface area contributed by atoms with Crippen LogP contribution in [0.1, 0.15) is 37.5 Å². The third kappa shape index (κ3) is 3.47. The van der Waals surface area contributed by atoms with E-state index in [1.807, 2.05) is 13.8 Å². The van der Waals surface area contributed by atoms with Gasteiger partial charge >= 0.3 is 0 Å². The average Bonchev–Trinajstić information content (AvgIpc) is 2.85. The Hall–Kier alpha value is -1.63. The zero-order valence-electron chi connectivity index (χ0n) is 12.3. The third-order valence-corrected chi connectivity index (χ3v) is 3.73. The Morgan fingerprint density at radius 1 is 1.15 bits per heavy atom. The van der Waals surface area contributed by atoms with E-state index >= 15 is 0 Å². The summed E-state index contributed by atoms with van der Waals surface area (Å²) >= 11 is 1.47. The van der Waals surface area contributed by atoms with Gasteiger partial charge in [-0.15, -0.1) is 5.10 Å². The first kappa shape index (κ1) is 14.8. The topological polar surface area (TPSA) is 79.4 Å². The van der Waals surface area contributed by atoms with Crippen LogP contribution in [0.15, 0.2) is 10.2 Å². The fraction of sp³-hybridized carbons (Fsp3) is 0.538. The Balaban J connectivity index is 2.30. The molecule has 2 rings (SSSR count). The second-order valence-electron chi connectivity index (χ2n) is 4.50. The van der Waals surface area contributed by atoms with Gasteiger partial charge < -0.3 is 5.32 Å². The van der Waals surface area contributed by atoms with Gasteiger partial charge in [-0.05, 0) is 32.0 Å². The predicted molar refractivity (Wildman–Crippen MR) is 80.2 cm³/mol. The zero-order valence-corrected chi connectivity index (χ0v) is 13.1. The van der Waals surface area contributed by atoms with Crippen LogP contribution in [-0.4, -0.2) is 31.7 Å². The second kappa shape index (κ2) is 6.69. The number of aryl methyl sites for hydroxylation is 2. The number of rotatable bonds is 6. The number of hydrogen-bond donors (Lipinski definition) is 2. The lowest BCUT2D eigenvalue weighted by atomic mass is 10.3. The smallest absolute Gasteiger partial charge is 0.214 e. The summed E-state index contributed by atoms with van der Waals surface area (Å²) in [4.78, 5) is 13.4. The van der Waals surface area contributed by atoms with Crippen LogP contribution in [0.5, 0.6) is 0 Å². The standard InChI is InChI=1S/C13H20N6S/c1-5-7-14-11-8(3)12(17-10(6-2)16-11)20-13-15-9(4)18-19-13/h5-7H2,1-4H3,(H,14,16,17)(H,15,18,19). The Bertz CT molecular complexity index is 580. The van der Waals surface area contributed by atoms with Crippen molar-refractivity contribution in [3.63, 3.8) is 0 Å². The minimum atomic E-state index is 0.688. The maximum atomic E-state index is 4.58. The normalized spacial score (nSPS) is 10.8. The van der Waals surface area contributed by atoms with Gasteiger partial charge in [0.05, 0.1) is 0 Å². The van der Waals surface area contributed by atoms with E-state index in [1.54, 1.807) is 0 Å². The molecule has 0 saturated heterocycles. The largest absolute Gasteiger partial charge is 0.370 e. The molecule has 0 amide bonds. The summed E-state index contributed by atoms with van der Waals surface area (Å²) in [5.41, 5.74) is 1.04. The molecule has 2 aromatic rings. The van der Waals surface area contributed by atoms with E-state index in [9.17, 15) is 0 Å². The van der Waals surface area contributed by atoms with Crippen LogP contribution in [-0.2, 0) is 6.42 Å². The van der Waals surface area contributed by atoms with Crippen molar-refractivity contribution < 1.29 is 0 Å². The number of H-pyrrole nitrogens is 1. The van der Waals surface area contributed by atoms with E-state index in [2.05, 4.69) is 44.3 Å². The first-order chi connectivity index (χ1) is 9.63. The molecule has 2 heterocycles. The maximum absolute atomic E-state index is 4.58. The molecule has 0 fully saturated rings. The molecule has 108 valence electrons. The van der Waals surface area contributed by atoms with E-state index in [1.165, 1.54) is 11.8 Å². The van der Waals surface area contributed by atoms with Crippen molar-refractivity contribution in [3.05, 3.63) is 17.2 Å². The summed E-state index contributed by atoms with van der Waals surface area (Å²) in [7, 11) is 0. The highest BCUT2D eigenvalue weighted by Crippen LogP contribution is 2.29. The Labute approximate surface area is 123 Å². The maximum Gasteiger partial charge on any atom is 0.214 e. The summed E-state index contributed by atoms with van der Waals surface area (Å²) in [5.74, 6) is 2.55. The van der Waals surface area contributed by atoms with Crippen LogP contribution in [0.2, 0.25) is 0 Å². The summed E-state index contributed by atoms with van der Waals surface area (Å²) in [6, 6.07) is 0. The van der Waals surface area contributed by atoms with Crippen molar-refractivity contribution in [1.82, 2.24) is 25.1 Å². The molecule has 0 atom stereocenters. The summed E-state index contributed by atoms with van der Waals surface area (Å²) in [6.07, 6.45) is 1.87. The van der Waals surface area contributed by atoms with Crippen molar-refractivity contribution in [3.8, 4) is 0 Å². The minimum absolute atomic E-state index is 0.688. The van der Waals surface area contributed by atoms with Gasteiger partial charge in [0.15, 0.2) is 0 Å². The molecular formula is C13H20N6S. The number of anilines is 1. The zero-order chi connectivity index (χ0) is 14.5. The molecule has 0 aromatic carbocycles. The van der Waals surface area contributed by atoms with Crippen molar-refractivity contribution in [2.24, 2.45) is 0 Å². The number of aromatic nitrogens is 5. The Morgan fingerprint density at radius 3 is 2.55 bits per heavy atom. The number of hydrogen-bond acceptors (Lipinski definition) is 6. The lowest BCUT2D eigenvalue weighted by Crippen LogP contribution is -2.08. The molecule has 6 nitrogen and oxygen atoms in total. The van der Waals surface area contributed by atoms with Crippen LogP contribution in [0.3, 0.4) is 0 Å². The molecule has 0 aliphatic rings. The van der Waals surface area contributed by atoms with Gasteiger partial charge in [0.2, 0.25) is 5.16 Å². The van der Waals surface area contributed by atoms with Crippen molar-refractivity contribution >= 4 is 17.6 Å². The summed E-state index contributed by atoms with van der Waals surface area (Å²) in [6.45, 7) is 9.01. The van der Waals surface area contributed by atoms with Gasteiger partial charge in [0.1, 0.15) is 22.5 Å². The number of nitrogens with zero attached hydrogens (tertiary/aromatic N) is 4. The first-order valence-corrected chi connectivity index (χ1v) is 7.63. The highest BCUT2D eigenvalue weighted by molar-refractivity contribution is 7.99. The van der Waals surface area contributed by atoms with Gasteiger partial charge in [-0.3, -0.25) is 5.10 Å². The van der Waals surface area contributed by atoms with Crippen LogP contribution in [0.4, 0.5) is 5.82 Å². The van der Waals surface area contributed by atoms with Crippen LogP contribution >= 0.6 is 11.8 Å². The molecule has 0 radical (unpaired) electrons. The fourth-order valence-electron chi connectivity index (χ4n) is 1.67. The highest BCUT2D eigenvalue weighted by atomic mass is 32.2. The summed E-state index contributed by atoms with van der Waals surface area (Å²) < 4.78 is 0. The van der Waals surface area contributed by atoms with E-state index in [0.717, 1.165) is 47.4 Å². The molecule has 2 aromatic heterocycles. The molecule has 0 unspecified atom stereocenters. The Morgan fingerprint density at radius 2 is 1.95 bits per heavy atom. The average molecular weight is 292 g/mol. The minimum Gasteiger partial charge on any atom is -0.370 e. The highest BCUT2D eigenvalue weighted by Gasteiger charge is 2.13. The van der Waals surface area contributed by atoms with E-state index in [-0.39, 0.29) is 0 Å². The SMILES string of the molecule is CCCNc1nc(CC)nc(Sc2n[nH]c(C)n2)c1C. The lowest BCUT2D eigenvalue weighted by Gasteiger charge is -2.12. The lowest BCUT2D eigenvalue weighted by molar-refractivity contribution is 0.858. The van der Waals surface area contributed by atoms with Gasteiger partial charge in [0, 0.05) is 18.5 Å². The molecule has 20 heavy (non-hydrogen) atoms. The quantitative estimate of drug-likeness (QED) is 0.797. The molecular weight excluding hydrogens is 272 g/mol. The number of aromatic amines is 1. The Kier molecular flexibility index (Phi) is 4.94. The number of nitrogens with one attached hydrogen (secondary N) is 2. The molecule has 7 heteroatoms. The van der Waals surface area contributed by atoms with E-state index in [0.29, 0.717) is 5.16 Å². The predicted octanol–water partition coefficient (Wildman–Crippen LogP) is 2.75. The van der Waals surface area contributed by atoms with Crippen LogP contribution < -0.4 is 5.32 Å². The molecule has 0 bridgehead atoms. The monoisotopic (exact) mass is 292 g/mol. The molecule has 2 N–H and O–H groups in total. The van der Waals surface area contributed by atoms with E-state index in [4.69, 9.17) is 0 Å². The molecule has 0 saturated carbocycles. The van der Waals surface area contributed by atoms with Gasteiger partial charge in [-0.1, -0.05) is 13.8 Å². The van der Waals surface area contributed by atoms with Gasteiger partial charge in [0.25, 0.3) is 0 Å². The third-order valence-electron chi connectivity index (χ3n) is 2.77. The van der Waals surface area contributed by atoms with Gasteiger partial charge in [-0.2, -0.15) is 0 Å². The fourth-order valence-corrected chi connectivity index (χ4v) is 2.52. The summed E-state index contributed by atoms with van der Waals surface area (Å²) in [5, 5.41) is 11.9. The van der Waals surface area contributed by atoms with Crippen LogP contribution in [0.25, 0.3) is 0 Å². The molecule has 0 spiro atoms. The van der Waals surface area contributed by atoms with E-state index < -0.39 is 0 Å². The second-order valence-corrected chi connectivity index (χ2v) is 5.46. The van der Waals surface area contributed by atoms with Crippen molar-refractivity contribution in [2.45, 2.75) is 50.7 Å². The van der Waals surface area contributed by atoms with Gasteiger partial charge in [-0.25, -0.2) is 15.0 Å². The van der Waals surface area contributed by atoms with Crippen molar-refractivity contribution in [1.29, 1.82) is 0 Å². The van der Waals surface area contributed by atoms with Crippen molar-refractivity contribution in [2.75, 3.05) is 11.9 Å².